The van der Waals surface area contributed by atoms with Gasteiger partial charge in [-0.2, -0.15) is 0 Å². The van der Waals surface area contributed by atoms with Crippen LogP contribution < -0.4 is 5.73 Å². The molecule has 0 aliphatic carbocycles. The van der Waals surface area contributed by atoms with Gasteiger partial charge in [-0.1, -0.05) is 0 Å². The number of esters is 1. The Hall–Kier alpha value is -1.06. The van der Waals surface area contributed by atoms with Gasteiger partial charge in [-0.25, -0.2) is 0 Å². The lowest BCUT2D eigenvalue weighted by Gasteiger charge is -1.96. The number of carbonyl (C=O) groups is 2. The quantitative estimate of drug-likeness (QED) is 0.460. The molecule has 1 amide bonds. The first-order valence-corrected chi connectivity index (χ1v) is 3.52. The smallest absolute Gasteiger partial charge is 0.305 e. The van der Waals surface area contributed by atoms with E-state index in [-0.39, 0.29) is 11.9 Å². The van der Waals surface area contributed by atoms with Crippen LogP contribution in [0.2, 0.25) is 0 Å². The zero-order valence-electron chi connectivity index (χ0n) is 6.63. The highest BCUT2D eigenvalue weighted by atomic mass is 16.5. The van der Waals surface area contributed by atoms with Gasteiger partial charge in [-0.05, 0) is 12.8 Å². The third kappa shape index (κ3) is 6.83. The predicted molar refractivity (Wildman–Crippen MR) is 39.7 cm³/mol. The minimum absolute atomic E-state index is 0.241. The van der Waals surface area contributed by atoms with E-state index in [1.807, 2.05) is 0 Å². The third-order valence-electron chi connectivity index (χ3n) is 1.28. The summed E-state index contributed by atoms with van der Waals surface area (Å²) in [6.07, 6.45) is 2.03. The maximum absolute atomic E-state index is 10.5. The summed E-state index contributed by atoms with van der Waals surface area (Å²) in [6, 6.07) is 0. The summed E-state index contributed by atoms with van der Waals surface area (Å²) in [5.74, 6) is -0.565. The third-order valence-corrected chi connectivity index (χ3v) is 1.28. The van der Waals surface area contributed by atoms with Gasteiger partial charge < -0.3 is 10.5 Å². The average molecular weight is 159 g/mol. The fraction of sp³-hybridized carbons (Fsp3) is 0.714. The van der Waals surface area contributed by atoms with Crippen LogP contribution >= 0.6 is 0 Å². The van der Waals surface area contributed by atoms with Crippen LogP contribution in [0.15, 0.2) is 0 Å². The summed E-state index contributed by atoms with van der Waals surface area (Å²) in [5.41, 5.74) is 4.89. The second-order valence-corrected chi connectivity index (χ2v) is 2.25. The van der Waals surface area contributed by atoms with Gasteiger partial charge in [0.1, 0.15) is 0 Å². The molecule has 0 aromatic heterocycles. The summed E-state index contributed by atoms with van der Waals surface area (Å²) >= 11 is 0. The van der Waals surface area contributed by atoms with Gasteiger partial charge in [-0.3, -0.25) is 9.59 Å². The van der Waals surface area contributed by atoms with Crippen molar-refractivity contribution in [2.75, 3.05) is 7.11 Å². The normalized spacial score (nSPS) is 9.18. The number of primary amides is 1. The molecule has 11 heavy (non-hydrogen) atoms. The van der Waals surface area contributed by atoms with E-state index in [9.17, 15) is 9.59 Å². The number of carbonyl (C=O) groups excluding carboxylic acids is 2. The van der Waals surface area contributed by atoms with Crippen molar-refractivity contribution in [1.82, 2.24) is 0 Å². The maximum Gasteiger partial charge on any atom is 0.305 e. The molecule has 0 saturated carbocycles. The van der Waals surface area contributed by atoms with Crippen molar-refractivity contribution < 1.29 is 14.3 Å². The lowest BCUT2D eigenvalue weighted by Crippen LogP contribution is -2.10. The second-order valence-electron chi connectivity index (χ2n) is 2.25. The molecule has 0 unspecified atom stereocenters. The lowest BCUT2D eigenvalue weighted by atomic mass is 10.2. The Balaban J connectivity index is 3.14. The molecule has 64 valence electrons. The van der Waals surface area contributed by atoms with Crippen LogP contribution in [0.3, 0.4) is 0 Å². The molecule has 0 aliphatic rings. The molecule has 0 fully saturated rings. The zero-order valence-corrected chi connectivity index (χ0v) is 6.63. The maximum atomic E-state index is 10.5. The molecular formula is C7H13NO3. The van der Waals surface area contributed by atoms with Crippen molar-refractivity contribution >= 4 is 11.9 Å². The summed E-state index contributed by atoms with van der Waals surface area (Å²) in [4.78, 5) is 20.7. The molecule has 0 atom stereocenters. The Kier molecular flexibility index (Phi) is 5.15. The fourth-order valence-corrected chi connectivity index (χ4v) is 0.671. The van der Waals surface area contributed by atoms with E-state index in [0.29, 0.717) is 25.7 Å². The first kappa shape index (κ1) is 9.94. The van der Waals surface area contributed by atoms with Crippen LogP contribution in [0.5, 0.6) is 0 Å². The van der Waals surface area contributed by atoms with Crippen LogP contribution in [0.4, 0.5) is 0 Å². The predicted octanol–water partition coefficient (Wildman–Crippen LogP) is 0.205. The molecule has 2 N–H and O–H groups in total. The van der Waals surface area contributed by atoms with Crippen molar-refractivity contribution in [3.63, 3.8) is 0 Å². The van der Waals surface area contributed by atoms with E-state index < -0.39 is 0 Å². The molecule has 0 aliphatic heterocycles. The number of amides is 1. The molecule has 0 aromatic rings. The van der Waals surface area contributed by atoms with Crippen LogP contribution in [0.1, 0.15) is 25.7 Å². The van der Waals surface area contributed by atoms with Crippen LogP contribution in [-0.4, -0.2) is 19.0 Å². The monoisotopic (exact) mass is 159 g/mol. The van der Waals surface area contributed by atoms with Crippen molar-refractivity contribution in [1.29, 1.82) is 0 Å². The van der Waals surface area contributed by atoms with E-state index in [4.69, 9.17) is 5.73 Å². The molecule has 0 saturated heterocycles. The minimum Gasteiger partial charge on any atom is -0.469 e. The van der Waals surface area contributed by atoms with E-state index in [1.54, 1.807) is 0 Å². The first-order valence-electron chi connectivity index (χ1n) is 3.52. The molecule has 0 aromatic carbocycles. The first-order chi connectivity index (χ1) is 5.16. The van der Waals surface area contributed by atoms with Gasteiger partial charge in [0.2, 0.25) is 5.91 Å². The van der Waals surface area contributed by atoms with E-state index in [2.05, 4.69) is 4.74 Å². The number of rotatable bonds is 5. The number of hydrogen-bond acceptors (Lipinski definition) is 3. The summed E-state index contributed by atoms with van der Waals surface area (Å²) in [5, 5.41) is 0. The van der Waals surface area contributed by atoms with E-state index in [1.165, 1.54) is 7.11 Å². The Morgan fingerprint density at radius 2 is 1.82 bits per heavy atom. The number of nitrogens with two attached hydrogens (primary N) is 1. The molecule has 0 bridgehead atoms. The average Bonchev–Trinajstić information content (AvgIpc) is 1.97. The number of methoxy groups -OCH3 is 1. The molecule has 0 radical (unpaired) electrons. The number of unbranched alkanes of at least 4 members (excludes halogenated alkanes) is 1. The van der Waals surface area contributed by atoms with Crippen LogP contribution in [0, 0.1) is 0 Å². The van der Waals surface area contributed by atoms with E-state index in [0.717, 1.165) is 0 Å². The number of ether oxygens (including phenoxy) is 1. The van der Waals surface area contributed by atoms with Crippen molar-refractivity contribution in [3.8, 4) is 0 Å². The van der Waals surface area contributed by atoms with Gasteiger partial charge in [-0.15, -0.1) is 0 Å². The highest BCUT2D eigenvalue weighted by Gasteiger charge is 2.00. The van der Waals surface area contributed by atoms with Gasteiger partial charge in [0.15, 0.2) is 0 Å². The van der Waals surface area contributed by atoms with Crippen molar-refractivity contribution in [3.05, 3.63) is 0 Å². The fourth-order valence-electron chi connectivity index (χ4n) is 0.671. The summed E-state index contributed by atoms with van der Waals surface area (Å²) in [7, 11) is 1.34. The van der Waals surface area contributed by atoms with Crippen LogP contribution in [0.25, 0.3) is 0 Å². The van der Waals surface area contributed by atoms with Gasteiger partial charge in [0, 0.05) is 12.8 Å². The van der Waals surface area contributed by atoms with Crippen LogP contribution in [-0.2, 0) is 14.3 Å². The topological polar surface area (TPSA) is 69.4 Å². The molecular weight excluding hydrogens is 146 g/mol. The zero-order chi connectivity index (χ0) is 8.69. The van der Waals surface area contributed by atoms with Gasteiger partial charge >= 0.3 is 5.97 Å². The Bertz CT molecular complexity index is 145. The highest BCUT2D eigenvalue weighted by Crippen LogP contribution is 1.99. The van der Waals surface area contributed by atoms with E-state index >= 15 is 0 Å². The van der Waals surface area contributed by atoms with Crippen molar-refractivity contribution in [2.24, 2.45) is 5.73 Å². The standard InChI is InChI=1S/C7H13NO3/c1-11-7(10)5-3-2-4-6(8)9/h2-5H2,1H3,(H2,8,9). The highest BCUT2D eigenvalue weighted by molar-refractivity contribution is 5.73. The Labute approximate surface area is 65.7 Å². The van der Waals surface area contributed by atoms with Gasteiger partial charge in [0.05, 0.1) is 7.11 Å². The summed E-state index contributed by atoms with van der Waals surface area (Å²) < 4.78 is 4.40. The SMILES string of the molecule is COC(=O)CCCCC(N)=O. The molecule has 4 heteroatoms. The summed E-state index contributed by atoms with van der Waals surface area (Å²) in [6.45, 7) is 0. The molecule has 4 nitrogen and oxygen atoms in total. The Morgan fingerprint density at radius 1 is 1.27 bits per heavy atom. The minimum atomic E-state index is -0.324. The number of hydrogen-bond donors (Lipinski definition) is 1. The van der Waals surface area contributed by atoms with Gasteiger partial charge in [0.25, 0.3) is 0 Å². The molecule has 0 heterocycles. The Morgan fingerprint density at radius 3 is 2.27 bits per heavy atom. The second kappa shape index (κ2) is 5.70. The van der Waals surface area contributed by atoms with Crippen molar-refractivity contribution in [2.45, 2.75) is 25.7 Å². The molecule has 0 spiro atoms. The molecule has 0 rings (SSSR count). The lowest BCUT2D eigenvalue weighted by molar-refractivity contribution is -0.140. The largest absolute Gasteiger partial charge is 0.469 e.